The largest absolute Gasteiger partial charge is 0.469 e. The van der Waals surface area contributed by atoms with Crippen LogP contribution in [0.25, 0.3) is 0 Å². The summed E-state index contributed by atoms with van der Waals surface area (Å²) in [6.07, 6.45) is 4.93. The standard InChI is InChI=1S/C15H26N4O2S/c1-4-16-15(17-9-6-5-7-14(20)21-3)18-10-8-13-19-11-12(2)22-13/h11H,4-10H2,1-3H3,(H2,16,17,18). The average Bonchev–Trinajstić information content (AvgIpc) is 2.92. The second-order valence-electron chi connectivity index (χ2n) is 4.84. The molecule has 1 rings (SSSR count). The molecular formula is C15H26N4O2S. The summed E-state index contributed by atoms with van der Waals surface area (Å²) in [4.78, 5) is 21.1. The fraction of sp³-hybridized carbons (Fsp3) is 0.667. The van der Waals surface area contributed by atoms with Crippen molar-refractivity contribution in [1.29, 1.82) is 0 Å². The number of methoxy groups -OCH3 is 1. The Bertz CT molecular complexity index is 474. The molecule has 0 aromatic carbocycles. The van der Waals surface area contributed by atoms with Crippen LogP contribution in [0.4, 0.5) is 0 Å². The highest BCUT2D eigenvalue weighted by Gasteiger charge is 2.02. The molecule has 0 saturated carbocycles. The zero-order valence-corrected chi connectivity index (χ0v) is 14.5. The molecule has 0 aliphatic heterocycles. The maximum absolute atomic E-state index is 11.0. The number of aromatic nitrogens is 1. The van der Waals surface area contributed by atoms with E-state index in [1.807, 2.05) is 13.1 Å². The van der Waals surface area contributed by atoms with Crippen LogP contribution in [0, 0.1) is 6.92 Å². The van der Waals surface area contributed by atoms with Gasteiger partial charge in [-0.15, -0.1) is 11.3 Å². The summed E-state index contributed by atoms with van der Waals surface area (Å²) in [6.45, 7) is 6.43. The molecule has 1 aromatic heterocycles. The molecule has 0 amide bonds. The van der Waals surface area contributed by atoms with Crippen molar-refractivity contribution in [3.8, 4) is 0 Å². The van der Waals surface area contributed by atoms with Gasteiger partial charge >= 0.3 is 5.97 Å². The molecule has 0 bridgehead atoms. The maximum atomic E-state index is 11.0. The van der Waals surface area contributed by atoms with E-state index >= 15 is 0 Å². The molecule has 1 heterocycles. The predicted molar refractivity (Wildman–Crippen MR) is 90.4 cm³/mol. The minimum absolute atomic E-state index is 0.159. The molecular weight excluding hydrogens is 300 g/mol. The maximum Gasteiger partial charge on any atom is 0.305 e. The van der Waals surface area contributed by atoms with E-state index in [1.165, 1.54) is 12.0 Å². The lowest BCUT2D eigenvalue weighted by Crippen LogP contribution is -2.38. The van der Waals surface area contributed by atoms with Crippen molar-refractivity contribution < 1.29 is 9.53 Å². The molecule has 0 atom stereocenters. The van der Waals surface area contributed by atoms with Crippen molar-refractivity contribution in [2.75, 3.05) is 26.7 Å². The number of unbranched alkanes of at least 4 members (excludes halogenated alkanes) is 1. The first kappa shape index (κ1) is 18.4. The lowest BCUT2D eigenvalue weighted by atomic mass is 10.2. The summed E-state index contributed by atoms with van der Waals surface area (Å²) in [5.41, 5.74) is 0. The van der Waals surface area contributed by atoms with E-state index in [4.69, 9.17) is 0 Å². The first-order valence-corrected chi connectivity index (χ1v) is 8.47. The van der Waals surface area contributed by atoms with E-state index in [2.05, 4.69) is 32.3 Å². The van der Waals surface area contributed by atoms with E-state index in [0.29, 0.717) is 13.0 Å². The lowest BCUT2D eigenvalue weighted by Gasteiger charge is -2.10. The van der Waals surface area contributed by atoms with E-state index in [0.717, 1.165) is 43.3 Å². The molecule has 22 heavy (non-hydrogen) atoms. The fourth-order valence-corrected chi connectivity index (χ4v) is 2.61. The van der Waals surface area contributed by atoms with E-state index in [-0.39, 0.29) is 5.97 Å². The molecule has 124 valence electrons. The second-order valence-corrected chi connectivity index (χ2v) is 6.15. The summed E-state index contributed by atoms with van der Waals surface area (Å²) >= 11 is 1.73. The van der Waals surface area contributed by atoms with Gasteiger partial charge in [-0.1, -0.05) is 0 Å². The van der Waals surface area contributed by atoms with Crippen LogP contribution >= 0.6 is 11.3 Å². The number of aryl methyl sites for hydroxylation is 1. The van der Waals surface area contributed by atoms with Crippen molar-refractivity contribution in [3.05, 3.63) is 16.1 Å². The first-order chi connectivity index (χ1) is 10.7. The summed E-state index contributed by atoms with van der Waals surface area (Å²) in [5, 5.41) is 7.66. The van der Waals surface area contributed by atoms with Crippen LogP contribution in [0.5, 0.6) is 0 Å². The Hall–Kier alpha value is -1.63. The third-order valence-electron chi connectivity index (χ3n) is 2.93. The van der Waals surface area contributed by atoms with Gasteiger partial charge in [0, 0.05) is 43.5 Å². The van der Waals surface area contributed by atoms with Gasteiger partial charge < -0.3 is 15.4 Å². The Kier molecular flexibility index (Phi) is 9.21. The number of guanidine groups is 1. The third-order valence-corrected chi connectivity index (χ3v) is 3.90. The van der Waals surface area contributed by atoms with Crippen LogP contribution in [0.3, 0.4) is 0 Å². The predicted octanol–water partition coefficient (Wildman–Crippen LogP) is 1.89. The quantitative estimate of drug-likeness (QED) is 0.314. The van der Waals surface area contributed by atoms with E-state index in [1.54, 1.807) is 11.3 Å². The van der Waals surface area contributed by atoms with Crippen LogP contribution in [0.15, 0.2) is 11.2 Å². The number of nitrogens with zero attached hydrogens (tertiary/aromatic N) is 2. The summed E-state index contributed by atoms with van der Waals surface area (Å²) in [6, 6.07) is 0. The minimum Gasteiger partial charge on any atom is -0.469 e. The molecule has 2 N–H and O–H groups in total. The number of esters is 1. The molecule has 1 aromatic rings. The average molecular weight is 326 g/mol. The number of hydrogen-bond acceptors (Lipinski definition) is 5. The van der Waals surface area contributed by atoms with Crippen molar-refractivity contribution in [3.63, 3.8) is 0 Å². The highest BCUT2D eigenvalue weighted by atomic mass is 32.1. The molecule has 6 nitrogen and oxygen atoms in total. The molecule has 0 radical (unpaired) electrons. The molecule has 0 aliphatic rings. The van der Waals surface area contributed by atoms with Crippen molar-refractivity contribution in [2.45, 2.75) is 39.5 Å². The number of thiazole rings is 1. The van der Waals surface area contributed by atoms with Crippen LogP contribution in [-0.4, -0.2) is 43.7 Å². The molecule has 0 spiro atoms. The zero-order chi connectivity index (χ0) is 16.2. The smallest absolute Gasteiger partial charge is 0.305 e. The van der Waals surface area contributed by atoms with Crippen LogP contribution in [-0.2, 0) is 16.0 Å². The van der Waals surface area contributed by atoms with Gasteiger partial charge in [-0.05, 0) is 26.7 Å². The van der Waals surface area contributed by atoms with E-state index < -0.39 is 0 Å². The highest BCUT2D eigenvalue weighted by Crippen LogP contribution is 2.10. The number of rotatable bonds is 9. The van der Waals surface area contributed by atoms with Crippen LogP contribution in [0.1, 0.15) is 36.1 Å². The third kappa shape index (κ3) is 7.97. The van der Waals surface area contributed by atoms with Gasteiger partial charge in [0.25, 0.3) is 0 Å². The molecule has 0 aliphatic carbocycles. The fourth-order valence-electron chi connectivity index (χ4n) is 1.82. The number of ether oxygens (including phenoxy) is 1. The first-order valence-electron chi connectivity index (χ1n) is 7.66. The molecule has 0 saturated heterocycles. The lowest BCUT2D eigenvalue weighted by molar-refractivity contribution is -0.140. The van der Waals surface area contributed by atoms with E-state index in [9.17, 15) is 4.79 Å². The van der Waals surface area contributed by atoms with Gasteiger partial charge in [0.05, 0.1) is 12.1 Å². The van der Waals surface area contributed by atoms with Gasteiger partial charge in [0.1, 0.15) is 0 Å². The summed E-state index contributed by atoms with van der Waals surface area (Å²) in [7, 11) is 1.41. The van der Waals surface area contributed by atoms with Gasteiger partial charge in [-0.25, -0.2) is 4.98 Å². The van der Waals surface area contributed by atoms with Gasteiger partial charge in [-0.2, -0.15) is 0 Å². The number of carbonyl (C=O) groups excluding carboxylic acids is 1. The Labute approximate surface area is 136 Å². The minimum atomic E-state index is -0.159. The number of aliphatic imine (C=N–C) groups is 1. The highest BCUT2D eigenvalue weighted by molar-refractivity contribution is 7.11. The molecule has 7 heteroatoms. The van der Waals surface area contributed by atoms with Gasteiger partial charge in [0.2, 0.25) is 0 Å². The Morgan fingerprint density at radius 1 is 1.41 bits per heavy atom. The number of hydrogen-bond donors (Lipinski definition) is 2. The number of nitrogens with one attached hydrogen (secondary N) is 2. The second kappa shape index (κ2) is 11.0. The molecule has 0 fully saturated rings. The normalized spacial score (nSPS) is 11.3. The Morgan fingerprint density at radius 2 is 2.23 bits per heavy atom. The van der Waals surface area contributed by atoms with Crippen LogP contribution in [0.2, 0.25) is 0 Å². The summed E-state index contributed by atoms with van der Waals surface area (Å²) < 4.78 is 4.61. The SMILES string of the molecule is CCNC(=NCCCCC(=O)OC)NCCc1ncc(C)s1. The van der Waals surface area contributed by atoms with Crippen molar-refractivity contribution in [2.24, 2.45) is 4.99 Å². The summed E-state index contributed by atoms with van der Waals surface area (Å²) in [5.74, 6) is 0.654. The Morgan fingerprint density at radius 3 is 2.86 bits per heavy atom. The molecule has 0 unspecified atom stereocenters. The van der Waals surface area contributed by atoms with Crippen molar-refractivity contribution >= 4 is 23.3 Å². The monoisotopic (exact) mass is 326 g/mol. The zero-order valence-electron chi connectivity index (χ0n) is 13.6. The number of carbonyl (C=O) groups is 1. The van der Waals surface area contributed by atoms with Crippen molar-refractivity contribution in [1.82, 2.24) is 15.6 Å². The van der Waals surface area contributed by atoms with Gasteiger partial charge in [0.15, 0.2) is 5.96 Å². The topological polar surface area (TPSA) is 75.6 Å². The van der Waals surface area contributed by atoms with Crippen LogP contribution < -0.4 is 10.6 Å². The van der Waals surface area contributed by atoms with Gasteiger partial charge in [-0.3, -0.25) is 9.79 Å². The Balaban J connectivity index is 2.24.